The summed E-state index contributed by atoms with van der Waals surface area (Å²) in [7, 11) is -1.86. The van der Waals surface area contributed by atoms with E-state index in [1.54, 1.807) is 48.3 Å². The maximum absolute atomic E-state index is 12.9. The Morgan fingerprint density at radius 2 is 1.69 bits per heavy atom. The normalized spacial score (nSPS) is 11.5. The highest BCUT2D eigenvalue weighted by Gasteiger charge is 2.24. The summed E-state index contributed by atoms with van der Waals surface area (Å²) in [5.74, 6) is -0.510. The first kappa shape index (κ1) is 24.5. The van der Waals surface area contributed by atoms with E-state index in [2.05, 4.69) is 16.3 Å². The summed E-state index contributed by atoms with van der Waals surface area (Å²) in [4.78, 5) is 14.7. The van der Waals surface area contributed by atoms with E-state index in [1.807, 2.05) is 30.3 Å². The van der Waals surface area contributed by atoms with Gasteiger partial charge in [0.1, 0.15) is 0 Å². The summed E-state index contributed by atoms with van der Waals surface area (Å²) in [5.41, 5.74) is 3.49. The quantitative estimate of drug-likeness (QED) is 0.294. The SMILES string of the molecule is CN(CCCCCc1cc(-c2ccccc2)n[nH]1)C(=O)c1occc1CS(=O)(=O)c1ccccc1. The van der Waals surface area contributed by atoms with Crippen LogP contribution in [-0.4, -0.2) is 43.0 Å². The molecule has 0 atom stereocenters. The number of benzene rings is 2. The van der Waals surface area contributed by atoms with Crippen LogP contribution in [-0.2, 0) is 22.0 Å². The van der Waals surface area contributed by atoms with Crippen LogP contribution in [0, 0.1) is 0 Å². The number of furan rings is 1. The molecule has 7 nitrogen and oxygen atoms in total. The smallest absolute Gasteiger partial charge is 0.289 e. The molecule has 0 aliphatic carbocycles. The molecule has 4 rings (SSSR count). The van der Waals surface area contributed by atoms with Crippen LogP contribution in [0.2, 0.25) is 0 Å². The van der Waals surface area contributed by atoms with Crippen LogP contribution in [0.25, 0.3) is 11.3 Å². The Morgan fingerprint density at radius 1 is 0.971 bits per heavy atom. The summed E-state index contributed by atoms with van der Waals surface area (Å²) in [6.45, 7) is 0.558. The fraction of sp³-hybridized carbons (Fsp3) is 0.259. The number of rotatable bonds is 11. The third kappa shape index (κ3) is 6.27. The molecule has 2 aromatic carbocycles. The Labute approximate surface area is 205 Å². The topological polar surface area (TPSA) is 96.3 Å². The maximum Gasteiger partial charge on any atom is 0.289 e. The molecule has 35 heavy (non-hydrogen) atoms. The fourth-order valence-corrected chi connectivity index (χ4v) is 5.29. The molecule has 2 heterocycles. The fourth-order valence-electron chi connectivity index (χ4n) is 3.92. The Kier molecular flexibility index (Phi) is 7.82. The zero-order valence-electron chi connectivity index (χ0n) is 19.7. The first-order chi connectivity index (χ1) is 16.9. The van der Waals surface area contributed by atoms with Crippen molar-refractivity contribution in [1.82, 2.24) is 15.1 Å². The van der Waals surface area contributed by atoms with Gasteiger partial charge in [0.2, 0.25) is 0 Å². The van der Waals surface area contributed by atoms with E-state index < -0.39 is 9.84 Å². The molecule has 0 aliphatic heterocycles. The van der Waals surface area contributed by atoms with Crippen molar-refractivity contribution in [2.24, 2.45) is 0 Å². The number of aromatic nitrogens is 2. The van der Waals surface area contributed by atoms with Crippen LogP contribution in [0.5, 0.6) is 0 Å². The molecule has 1 N–H and O–H groups in total. The number of nitrogens with zero attached hydrogens (tertiary/aromatic N) is 2. The number of nitrogens with one attached hydrogen (secondary N) is 1. The van der Waals surface area contributed by atoms with Gasteiger partial charge in [-0.3, -0.25) is 9.89 Å². The minimum absolute atomic E-state index is 0.0814. The van der Waals surface area contributed by atoms with E-state index in [4.69, 9.17) is 4.42 Å². The van der Waals surface area contributed by atoms with Gasteiger partial charge in [-0.15, -0.1) is 0 Å². The van der Waals surface area contributed by atoms with Crippen molar-refractivity contribution < 1.29 is 17.6 Å². The van der Waals surface area contributed by atoms with Crippen LogP contribution in [0.1, 0.15) is 41.1 Å². The number of aryl methyl sites for hydroxylation is 1. The van der Waals surface area contributed by atoms with Gasteiger partial charge in [0.05, 0.1) is 22.6 Å². The number of aromatic amines is 1. The summed E-state index contributed by atoms with van der Waals surface area (Å²) in [6.07, 6.45) is 5.01. The van der Waals surface area contributed by atoms with E-state index in [-0.39, 0.29) is 22.3 Å². The number of carbonyl (C=O) groups is 1. The van der Waals surface area contributed by atoms with Gasteiger partial charge in [-0.2, -0.15) is 5.10 Å². The van der Waals surface area contributed by atoms with Crippen molar-refractivity contribution in [3.05, 3.63) is 96.1 Å². The van der Waals surface area contributed by atoms with Crippen LogP contribution in [0.15, 0.2) is 88.4 Å². The predicted molar refractivity (Wildman–Crippen MR) is 135 cm³/mol. The van der Waals surface area contributed by atoms with E-state index in [0.29, 0.717) is 12.1 Å². The van der Waals surface area contributed by atoms with Crippen molar-refractivity contribution in [1.29, 1.82) is 0 Å². The zero-order chi connectivity index (χ0) is 24.7. The minimum atomic E-state index is -3.57. The summed E-state index contributed by atoms with van der Waals surface area (Å²) >= 11 is 0. The van der Waals surface area contributed by atoms with Crippen LogP contribution in [0.4, 0.5) is 0 Å². The molecule has 0 radical (unpaired) electrons. The Morgan fingerprint density at radius 3 is 2.43 bits per heavy atom. The van der Waals surface area contributed by atoms with Gasteiger partial charge in [-0.25, -0.2) is 8.42 Å². The van der Waals surface area contributed by atoms with Gasteiger partial charge >= 0.3 is 0 Å². The first-order valence-corrected chi connectivity index (χ1v) is 13.3. The molecule has 0 fully saturated rings. The summed E-state index contributed by atoms with van der Waals surface area (Å²) in [6, 6.07) is 21.9. The van der Waals surface area contributed by atoms with Crippen molar-refractivity contribution >= 4 is 15.7 Å². The molecular formula is C27H29N3O4S. The van der Waals surface area contributed by atoms with E-state index in [1.165, 1.54) is 6.26 Å². The van der Waals surface area contributed by atoms with Gasteiger partial charge in [0, 0.05) is 30.4 Å². The summed E-state index contributed by atoms with van der Waals surface area (Å²) < 4.78 is 30.8. The molecule has 0 saturated heterocycles. The molecule has 0 spiro atoms. The Balaban J connectivity index is 1.25. The van der Waals surface area contributed by atoms with Crippen molar-refractivity contribution in [3.63, 3.8) is 0 Å². The van der Waals surface area contributed by atoms with Crippen LogP contribution >= 0.6 is 0 Å². The van der Waals surface area contributed by atoms with E-state index in [0.717, 1.165) is 42.6 Å². The highest BCUT2D eigenvalue weighted by Crippen LogP contribution is 2.21. The molecule has 1 amide bonds. The number of sulfone groups is 1. The van der Waals surface area contributed by atoms with Crippen molar-refractivity contribution in [2.75, 3.05) is 13.6 Å². The largest absolute Gasteiger partial charge is 0.459 e. The highest BCUT2D eigenvalue weighted by molar-refractivity contribution is 7.90. The van der Waals surface area contributed by atoms with Crippen molar-refractivity contribution in [3.8, 4) is 11.3 Å². The van der Waals surface area contributed by atoms with E-state index in [9.17, 15) is 13.2 Å². The van der Waals surface area contributed by atoms with Gasteiger partial charge in [0.15, 0.2) is 15.6 Å². The molecular weight excluding hydrogens is 462 g/mol. The Bertz CT molecular complexity index is 1350. The number of amides is 1. The number of unbranched alkanes of at least 4 members (excludes halogenated alkanes) is 2. The molecule has 4 aromatic rings. The second kappa shape index (κ2) is 11.2. The lowest BCUT2D eigenvalue weighted by Gasteiger charge is -2.16. The number of hydrogen-bond donors (Lipinski definition) is 1. The maximum atomic E-state index is 12.9. The second-order valence-corrected chi connectivity index (χ2v) is 10.5. The summed E-state index contributed by atoms with van der Waals surface area (Å²) in [5, 5.41) is 7.49. The lowest BCUT2D eigenvalue weighted by atomic mass is 10.1. The molecule has 0 unspecified atom stereocenters. The standard InChI is InChI=1S/C27H29N3O4S/c1-30(17-10-4-7-13-23-19-25(29-28-23)21-11-5-2-6-12-21)27(31)26-22(16-18-34-26)20-35(32,33)24-14-8-3-9-15-24/h2-3,5-6,8-9,11-12,14-16,18-19H,4,7,10,13,17,20H2,1H3,(H,28,29). The average Bonchev–Trinajstić information content (AvgIpc) is 3.54. The van der Waals surface area contributed by atoms with Gasteiger partial charge in [-0.1, -0.05) is 55.0 Å². The average molecular weight is 492 g/mol. The molecule has 0 aliphatic rings. The third-order valence-corrected chi connectivity index (χ3v) is 7.56. The highest BCUT2D eigenvalue weighted by atomic mass is 32.2. The molecule has 0 saturated carbocycles. The second-order valence-electron chi connectivity index (χ2n) is 8.53. The molecule has 182 valence electrons. The zero-order valence-corrected chi connectivity index (χ0v) is 20.5. The molecule has 8 heteroatoms. The predicted octanol–water partition coefficient (Wildman–Crippen LogP) is 5.13. The molecule has 2 aromatic heterocycles. The first-order valence-electron chi connectivity index (χ1n) is 11.6. The monoisotopic (exact) mass is 491 g/mol. The van der Waals surface area contributed by atoms with Gasteiger partial charge in [-0.05, 0) is 43.5 Å². The third-order valence-electron chi connectivity index (χ3n) is 5.88. The van der Waals surface area contributed by atoms with E-state index >= 15 is 0 Å². The lowest BCUT2D eigenvalue weighted by Crippen LogP contribution is -2.28. The van der Waals surface area contributed by atoms with Crippen LogP contribution in [0.3, 0.4) is 0 Å². The van der Waals surface area contributed by atoms with Crippen molar-refractivity contribution in [2.45, 2.75) is 36.3 Å². The number of H-pyrrole nitrogens is 1. The number of hydrogen-bond acceptors (Lipinski definition) is 5. The van der Waals surface area contributed by atoms with Crippen LogP contribution < -0.4 is 0 Å². The van der Waals surface area contributed by atoms with Gasteiger partial charge < -0.3 is 9.32 Å². The number of carbonyl (C=O) groups excluding carboxylic acids is 1. The molecule has 0 bridgehead atoms. The van der Waals surface area contributed by atoms with Gasteiger partial charge in [0.25, 0.3) is 5.91 Å². The lowest BCUT2D eigenvalue weighted by molar-refractivity contribution is 0.0760. The minimum Gasteiger partial charge on any atom is -0.459 e. The Hall–Kier alpha value is -3.65.